The largest absolute Gasteiger partial charge is 0.376 e. The Kier molecular flexibility index (Phi) is 4.88. The van der Waals surface area contributed by atoms with E-state index in [0.29, 0.717) is 18.0 Å². The predicted octanol–water partition coefficient (Wildman–Crippen LogP) is 1.07. The van der Waals surface area contributed by atoms with Crippen LogP contribution in [0.1, 0.15) is 26.7 Å². The Morgan fingerprint density at radius 2 is 2.33 bits per heavy atom. The van der Waals surface area contributed by atoms with E-state index in [1.807, 2.05) is 11.9 Å². The molecule has 88 valence electrons. The average Bonchev–Trinajstić information content (AvgIpc) is 2.66. The molecule has 0 aliphatic carbocycles. The second-order valence-corrected chi connectivity index (χ2v) is 4.61. The Bertz CT molecular complexity index is 210. The third-order valence-corrected chi connectivity index (χ3v) is 2.51. The van der Waals surface area contributed by atoms with Crippen molar-refractivity contribution in [1.29, 1.82) is 0 Å². The fourth-order valence-electron chi connectivity index (χ4n) is 1.58. The molecule has 1 fully saturated rings. The quantitative estimate of drug-likeness (QED) is 0.561. The van der Waals surface area contributed by atoms with Crippen LogP contribution in [0.15, 0.2) is 4.99 Å². The van der Waals surface area contributed by atoms with Crippen LogP contribution in [0.4, 0.5) is 0 Å². The summed E-state index contributed by atoms with van der Waals surface area (Å²) in [5, 5.41) is 0. The van der Waals surface area contributed by atoms with Gasteiger partial charge in [0.25, 0.3) is 0 Å². The van der Waals surface area contributed by atoms with Crippen LogP contribution in [0.25, 0.3) is 0 Å². The maximum absolute atomic E-state index is 5.86. The van der Waals surface area contributed by atoms with Gasteiger partial charge in [-0.15, -0.1) is 0 Å². The van der Waals surface area contributed by atoms with E-state index < -0.39 is 0 Å². The molecule has 0 radical (unpaired) electrons. The van der Waals surface area contributed by atoms with E-state index in [4.69, 9.17) is 10.5 Å². The maximum atomic E-state index is 5.86. The van der Waals surface area contributed by atoms with Crippen LogP contribution in [0, 0.1) is 5.92 Å². The molecule has 1 aliphatic heterocycles. The highest BCUT2D eigenvalue weighted by atomic mass is 16.5. The molecule has 1 saturated heterocycles. The Labute approximate surface area is 92.5 Å². The number of likely N-dealkylation sites (N-methyl/N-ethyl adjacent to an activating group) is 1. The maximum Gasteiger partial charge on any atom is 0.191 e. The first kappa shape index (κ1) is 12.3. The molecule has 0 aromatic heterocycles. The second kappa shape index (κ2) is 5.95. The van der Waals surface area contributed by atoms with E-state index in [2.05, 4.69) is 18.8 Å². The van der Waals surface area contributed by atoms with Crippen molar-refractivity contribution in [2.75, 3.05) is 26.7 Å². The summed E-state index contributed by atoms with van der Waals surface area (Å²) in [5.41, 5.74) is 5.86. The standard InChI is InChI=1S/C11H23N3O/c1-9(2)7-13-11(12)14(3)8-10-5-4-6-15-10/h9-10H,4-8H2,1-3H3,(H2,12,13). The third-order valence-electron chi connectivity index (χ3n) is 2.51. The normalized spacial score (nSPS) is 22.4. The minimum absolute atomic E-state index is 0.336. The molecule has 0 aromatic carbocycles. The highest BCUT2D eigenvalue weighted by Gasteiger charge is 2.17. The lowest BCUT2D eigenvalue weighted by atomic mass is 10.2. The molecule has 0 saturated carbocycles. The van der Waals surface area contributed by atoms with Crippen LogP contribution >= 0.6 is 0 Å². The number of hydrogen-bond donors (Lipinski definition) is 1. The van der Waals surface area contributed by atoms with Crippen molar-refractivity contribution in [3.8, 4) is 0 Å². The van der Waals surface area contributed by atoms with Gasteiger partial charge in [0.2, 0.25) is 0 Å². The number of nitrogens with two attached hydrogens (primary N) is 1. The summed E-state index contributed by atoms with van der Waals surface area (Å²) in [6.45, 7) is 6.81. The zero-order chi connectivity index (χ0) is 11.3. The van der Waals surface area contributed by atoms with Gasteiger partial charge in [0, 0.05) is 26.7 Å². The van der Waals surface area contributed by atoms with Gasteiger partial charge in [0.05, 0.1) is 6.10 Å². The first-order chi connectivity index (χ1) is 7.09. The lowest BCUT2D eigenvalue weighted by molar-refractivity contribution is 0.0956. The van der Waals surface area contributed by atoms with Crippen molar-refractivity contribution in [2.24, 2.45) is 16.6 Å². The number of hydrogen-bond acceptors (Lipinski definition) is 2. The highest BCUT2D eigenvalue weighted by molar-refractivity contribution is 5.77. The molecule has 0 spiro atoms. The van der Waals surface area contributed by atoms with Crippen molar-refractivity contribution in [2.45, 2.75) is 32.8 Å². The van der Waals surface area contributed by atoms with Crippen LogP contribution in [0.5, 0.6) is 0 Å². The molecule has 4 nitrogen and oxygen atoms in total. The Morgan fingerprint density at radius 1 is 1.60 bits per heavy atom. The molecule has 1 unspecified atom stereocenters. The van der Waals surface area contributed by atoms with Gasteiger partial charge < -0.3 is 15.4 Å². The van der Waals surface area contributed by atoms with Gasteiger partial charge >= 0.3 is 0 Å². The number of nitrogens with zero attached hydrogens (tertiary/aromatic N) is 2. The summed E-state index contributed by atoms with van der Waals surface area (Å²) in [4.78, 5) is 6.31. The van der Waals surface area contributed by atoms with Gasteiger partial charge in [0.1, 0.15) is 0 Å². The van der Waals surface area contributed by atoms with Gasteiger partial charge in [-0.3, -0.25) is 4.99 Å². The molecule has 2 N–H and O–H groups in total. The molecule has 1 heterocycles. The van der Waals surface area contributed by atoms with Crippen molar-refractivity contribution in [1.82, 2.24) is 4.90 Å². The molecule has 0 aromatic rings. The zero-order valence-electron chi connectivity index (χ0n) is 10.1. The summed E-state index contributed by atoms with van der Waals surface area (Å²) in [5.74, 6) is 1.18. The van der Waals surface area contributed by atoms with Crippen molar-refractivity contribution in [3.05, 3.63) is 0 Å². The average molecular weight is 213 g/mol. The van der Waals surface area contributed by atoms with Gasteiger partial charge in [-0.1, -0.05) is 13.8 Å². The molecule has 1 aliphatic rings. The Hall–Kier alpha value is -0.770. The monoisotopic (exact) mass is 213 g/mol. The number of rotatable bonds is 4. The Balaban J connectivity index is 2.31. The van der Waals surface area contributed by atoms with Crippen LogP contribution in [-0.4, -0.2) is 43.7 Å². The number of aliphatic imine (C=N–C) groups is 1. The Morgan fingerprint density at radius 3 is 2.87 bits per heavy atom. The summed E-state index contributed by atoms with van der Waals surface area (Å²) in [6.07, 6.45) is 2.64. The van der Waals surface area contributed by atoms with E-state index in [-0.39, 0.29) is 0 Å². The molecule has 1 atom stereocenters. The molecule has 15 heavy (non-hydrogen) atoms. The van der Waals surface area contributed by atoms with Crippen molar-refractivity contribution >= 4 is 5.96 Å². The predicted molar refractivity (Wildman–Crippen MR) is 62.9 cm³/mol. The molecule has 0 bridgehead atoms. The molecule has 0 amide bonds. The van der Waals surface area contributed by atoms with Crippen molar-refractivity contribution < 1.29 is 4.74 Å². The van der Waals surface area contributed by atoms with Crippen LogP contribution in [0.2, 0.25) is 0 Å². The minimum Gasteiger partial charge on any atom is -0.376 e. The lowest BCUT2D eigenvalue weighted by Gasteiger charge is -2.21. The SMILES string of the molecule is CC(C)CN=C(N)N(C)CC1CCCO1. The molecular formula is C11H23N3O. The molecular weight excluding hydrogens is 190 g/mol. The van der Waals surface area contributed by atoms with Crippen LogP contribution in [0.3, 0.4) is 0 Å². The second-order valence-electron chi connectivity index (χ2n) is 4.61. The van der Waals surface area contributed by atoms with Gasteiger partial charge in [-0.25, -0.2) is 0 Å². The highest BCUT2D eigenvalue weighted by Crippen LogP contribution is 2.12. The summed E-state index contributed by atoms with van der Waals surface area (Å²) in [6, 6.07) is 0. The van der Waals surface area contributed by atoms with E-state index in [9.17, 15) is 0 Å². The number of ether oxygens (including phenoxy) is 1. The summed E-state index contributed by atoms with van der Waals surface area (Å²) >= 11 is 0. The summed E-state index contributed by atoms with van der Waals surface area (Å²) in [7, 11) is 1.97. The van der Waals surface area contributed by atoms with Crippen LogP contribution < -0.4 is 5.73 Å². The van der Waals surface area contributed by atoms with Crippen LogP contribution in [-0.2, 0) is 4.74 Å². The number of guanidine groups is 1. The van der Waals surface area contributed by atoms with E-state index in [0.717, 1.165) is 26.1 Å². The molecule has 1 rings (SSSR count). The van der Waals surface area contributed by atoms with Crippen molar-refractivity contribution in [3.63, 3.8) is 0 Å². The molecule has 4 heteroatoms. The first-order valence-electron chi connectivity index (χ1n) is 5.72. The first-order valence-corrected chi connectivity index (χ1v) is 5.72. The third kappa shape index (κ3) is 4.51. The van der Waals surface area contributed by atoms with E-state index in [1.54, 1.807) is 0 Å². The zero-order valence-corrected chi connectivity index (χ0v) is 10.1. The minimum atomic E-state index is 0.336. The van der Waals surface area contributed by atoms with Gasteiger partial charge in [-0.2, -0.15) is 0 Å². The summed E-state index contributed by atoms with van der Waals surface area (Å²) < 4.78 is 5.55. The van der Waals surface area contributed by atoms with Gasteiger partial charge in [-0.05, 0) is 18.8 Å². The smallest absolute Gasteiger partial charge is 0.191 e. The van der Waals surface area contributed by atoms with E-state index >= 15 is 0 Å². The van der Waals surface area contributed by atoms with E-state index in [1.165, 1.54) is 6.42 Å². The topological polar surface area (TPSA) is 50.8 Å². The lowest BCUT2D eigenvalue weighted by Crippen LogP contribution is -2.39. The fourth-order valence-corrected chi connectivity index (χ4v) is 1.58. The fraction of sp³-hybridized carbons (Fsp3) is 0.909. The van der Waals surface area contributed by atoms with Gasteiger partial charge in [0.15, 0.2) is 5.96 Å².